The highest BCUT2D eigenvalue weighted by molar-refractivity contribution is 7.91. The molecule has 1 saturated heterocycles. The lowest BCUT2D eigenvalue weighted by atomic mass is 10.0. The highest BCUT2D eigenvalue weighted by Crippen LogP contribution is 2.30. The quantitative estimate of drug-likeness (QED) is 0.426. The molecule has 7 heteroatoms. The lowest BCUT2D eigenvalue weighted by Gasteiger charge is -2.28. The minimum absolute atomic E-state index is 0.149. The Hall–Kier alpha value is -2.61. The van der Waals surface area contributed by atoms with Crippen molar-refractivity contribution >= 4 is 33.7 Å². The first-order chi connectivity index (χ1) is 17.0. The van der Waals surface area contributed by atoms with E-state index in [1.165, 1.54) is 12.8 Å². The van der Waals surface area contributed by atoms with Crippen molar-refractivity contribution in [1.29, 1.82) is 0 Å². The zero-order valence-electron chi connectivity index (χ0n) is 20.4. The van der Waals surface area contributed by atoms with E-state index in [1.807, 2.05) is 37.4 Å². The maximum Gasteiger partial charge on any atom is 0.255 e. The third-order valence-electron chi connectivity index (χ3n) is 7.05. The monoisotopic (exact) mass is 491 g/mol. The van der Waals surface area contributed by atoms with E-state index in [2.05, 4.69) is 23.6 Å². The van der Waals surface area contributed by atoms with Gasteiger partial charge >= 0.3 is 0 Å². The first-order valence-electron chi connectivity index (χ1n) is 12.5. The Balaban J connectivity index is 1.24. The molecule has 0 bridgehead atoms. The lowest BCUT2D eigenvalue weighted by Crippen LogP contribution is -2.38. The number of fused-ring (bicyclic) bond motifs is 1. The van der Waals surface area contributed by atoms with Crippen LogP contribution < -0.4 is 15.4 Å². The molecule has 2 fully saturated rings. The van der Waals surface area contributed by atoms with Crippen LogP contribution in [-0.2, 0) is 11.2 Å². The summed E-state index contributed by atoms with van der Waals surface area (Å²) in [6, 6.07) is 14.0. The van der Waals surface area contributed by atoms with Crippen molar-refractivity contribution in [1.82, 2.24) is 10.3 Å². The Morgan fingerprint density at radius 3 is 2.60 bits per heavy atom. The first kappa shape index (κ1) is 24.1. The molecule has 1 amide bonds. The third-order valence-corrected chi connectivity index (χ3v) is 8.43. The molecule has 1 aliphatic heterocycles. The molecule has 2 aliphatic rings. The highest BCUT2D eigenvalue weighted by Gasteiger charge is 2.24. The second-order valence-corrected chi connectivity index (χ2v) is 11.5. The Kier molecular flexibility index (Phi) is 7.27. The van der Waals surface area contributed by atoms with Gasteiger partial charge in [0.05, 0.1) is 12.1 Å². The van der Waals surface area contributed by atoms with Crippen molar-refractivity contribution < 1.29 is 14.1 Å². The van der Waals surface area contributed by atoms with Gasteiger partial charge in [0.1, 0.15) is 17.3 Å². The number of aryl methyl sites for hydroxylation is 1. The molecule has 0 unspecified atom stereocenters. The number of nitrogens with one attached hydrogen (secondary N) is 2. The van der Waals surface area contributed by atoms with Gasteiger partial charge < -0.3 is 19.9 Å². The molecule has 0 radical (unpaired) electrons. The van der Waals surface area contributed by atoms with Crippen LogP contribution in [0.25, 0.3) is 10.9 Å². The zero-order valence-corrected chi connectivity index (χ0v) is 21.2. The second-order valence-electron chi connectivity index (χ2n) is 9.82. The molecule has 3 aromatic rings. The van der Waals surface area contributed by atoms with E-state index >= 15 is 0 Å². The number of ether oxygens (including phenoxy) is 1. The maximum atomic E-state index is 12.8. The summed E-state index contributed by atoms with van der Waals surface area (Å²) >= 11 is -0.650. The van der Waals surface area contributed by atoms with Crippen LogP contribution in [0, 0.1) is 12.8 Å². The summed E-state index contributed by atoms with van der Waals surface area (Å²) in [4.78, 5) is 17.6. The standard InChI is InChI=1S/C28H33N3O3S/c1-18-26(31-28(32)21-5-8-25(9-6-21)34-17-20-3-4-20)10-7-22-15-23(16-29-27(18)22)19(2)30-24-11-13-35(33)14-12-24/h5-10,15-16,19-20,24,30H,3-4,11-14,17H2,1-2H3,(H,31,32)/t19-,24?,35?/m1/s1. The molecule has 1 saturated carbocycles. The fraction of sp³-hybridized carbons (Fsp3) is 0.429. The van der Waals surface area contributed by atoms with Gasteiger partial charge in [0.15, 0.2) is 0 Å². The molecule has 2 heterocycles. The Bertz CT molecular complexity index is 1190. The number of nitrogens with zero attached hydrogens (tertiary/aromatic N) is 1. The summed E-state index contributed by atoms with van der Waals surface area (Å²) in [5.41, 5.74) is 4.32. The highest BCUT2D eigenvalue weighted by atomic mass is 32.2. The molecule has 1 aliphatic carbocycles. The van der Waals surface area contributed by atoms with Crippen molar-refractivity contribution in [3.05, 3.63) is 65.4 Å². The molecule has 35 heavy (non-hydrogen) atoms. The summed E-state index contributed by atoms with van der Waals surface area (Å²) in [5, 5.41) is 7.76. The van der Waals surface area contributed by atoms with E-state index in [-0.39, 0.29) is 11.9 Å². The van der Waals surface area contributed by atoms with E-state index in [0.29, 0.717) is 17.5 Å². The van der Waals surface area contributed by atoms with Gasteiger partial charge in [-0.3, -0.25) is 9.78 Å². The predicted octanol–water partition coefficient (Wildman–Crippen LogP) is 5.15. The molecular weight excluding hydrogens is 458 g/mol. The average molecular weight is 492 g/mol. The molecular formula is C28H33N3O3S. The van der Waals surface area contributed by atoms with Crippen LogP contribution in [0.3, 0.4) is 0 Å². The molecule has 0 spiro atoms. The summed E-state index contributed by atoms with van der Waals surface area (Å²) < 4.78 is 17.4. The Morgan fingerprint density at radius 1 is 1.14 bits per heavy atom. The van der Waals surface area contributed by atoms with E-state index in [9.17, 15) is 9.35 Å². The van der Waals surface area contributed by atoms with Gasteiger partial charge in [0, 0.05) is 47.8 Å². The fourth-order valence-corrected chi connectivity index (χ4v) is 5.84. The molecule has 184 valence electrons. The van der Waals surface area contributed by atoms with Gasteiger partial charge in [-0.15, -0.1) is 0 Å². The van der Waals surface area contributed by atoms with Crippen molar-refractivity contribution in [3.8, 4) is 5.75 Å². The topological polar surface area (TPSA) is 86.3 Å². The van der Waals surface area contributed by atoms with Crippen LogP contribution in [0.15, 0.2) is 48.7 Å². The predicted molar refractivity (Wildman–Crippen MR) is 142 cm³/mol. The molecule has 5 rings (SSSR count). The number of aromatic nitrogens is 1. The van der Waals surface area contributed by atoms with Crippen LogP contribution in [0.2, 0.25) is 0 Å². The van der Waals surface area contributed by atoms with Crippen LogP contribution in [-0.4, -0.2) is 39.6 Å². The van der Waals surface area contributed by atoms with Gasteiger partial charge in [-0.25, -0.2) is 0 Å². The summed E-state index contributed by atoms with van der Waals surface area (Å²) in [6.45, 7) is 4.90. The number of amides is 1. The number of rotatable bonds is 8. The van der Waals surface area contributed by atoms with Crippen molar-refractivity contribution in [2.45, 2.75) is 51.6 Å². The van der Waals surface area contributed by atoms with E-state index in [1.54, 1.807) is 12.1 Å². The lowest BCUT2D eigenvalue weighted by molar-refractivity contribution is 0.102. The third kappa shape index (κ3) is 5.97. The van der Waals surface area contributed by atoms with E-state index in [4.69, 9.17) is 9.72 Å². The number of hydrogen-bond donors (Lipinski definition) is 2. The number of pyridine rings is 1. The Morgan fingerprint density at radius 2 is 1.89 bits per heavy atom. The first-order valence-corrected chi connectivity index (χ1v) is 14.0. The van der Waals surface area contributed by atoms with E-state index in [0.717, 1.165) is 64.4 Å². The van der Waals surface area contributed by atoms with E-state index < -0.39 is 11.2 Å². The van der Waals surface area contributed by atoms with Gasteiger partial charge in [0.2, 0.25) is 0 Å². The van der Waals surface area contributed by atoms with Crippen LogP contribution in [0.4, 0.5) is 5.69 Å². The molecule has 6 nitrogen and oxygen atoms in total. The largest absolute Gasteiger partial charge is 0.616 e. The number of carbonyl (C=O) groups excluding carboxylic acids is 1. The molecule has 2 aromatic carbocycles. The normalized spacial score (nSPS) is 21.0. The molecule has 1 aromatic heterocycles. The minimum atomic E-state index is -0.650. The van der Waals surface area contributed by atoms with Crippen molar-refractivity contribution in [2.24, 2.45) is 5.92 Å². The number of anilines is 1. The van der Waals surface area contributed by atoms with Crippen molar-refractivity contribution in [2.75, 3.05) is 23.4 Å². The summed E-state index contributed by atoms with van der Waals surface area (Å²) in [5.74, 6) is 2.92. The SMILES string of the molecule is Cc1c(NC(=O)c2ccc(OCC3CC3)cc2)ccc2cc([C@@H](C)NC3CC[S+]([O-])CC3)cnc12. The molecule has 1 atom stereocenters. The van der Waals surface area contributed by atoms with Gasteiger partial charge in [-0.2, -0.15) is 0 Å². The minimum Gasteiger partial charge on any atom is -0.616 e. The van der Waals surface area contributed by atoms with Gasteiger partial charge in [0.25, 0.3) is 5.91 Å². The second kappa shape index (κ2) is 10.6. The Labute approximate surface area is 210 Å². The van der Waals surface area contributed by atoms with Gasteiger partial charge in [-0.1, -0.05) is 17.2 Å². The zero-order chi connectivity index (χ0) is 24.4. The fourth-order valence-electron chi connectivity index (χ4n) is 4.54. The van der Waals surface area contributed by atoms with Gasteiger partial charge in [-0.05, 0) is 80.1 Å². The average Bonchev–Trinajstić information content (AvgIpc) is 3.70. The van der Waals surface area contributed by atoms with Crippen LogP contribution >= 0.6 is 0 Å². The number of carbonyl (C=O) groups is 1. The van der Waals surface area contributed by atoms with Crippen molar-refractivity contribution in [3.63, 3.8) is 0 Å². The summed E-state index contributed by atoms with van der Waals surface area (Å²) in [7, 11) is 0. The summed E-state index contributed by atoms with van der Waals surface area (Å²) in [6.07, 6.45) is 6.33. The number of hydrogen-bond acceptors (Lipinski definition) is 5. The van der Waals surface area contributed by atoms with Crippen LogP contribution in [0.1, 0.15) is 60.1 Å². The maximum absolute atomic E-state index is 12.8. The molecule has 2 N–H and O–H groups in total. The number of benzene rings is 2. The smallest absolute Gasteiger partial charge is 0.255 e. The van der Waals surface area contributed by atoms with Crippen LogP contribution in [0.5, 0.6) is 5.75 Å².